The van der Waals surface area contributed by atoms with E-state index in [2.05, 4.69) is 26.2 Å². The van der Waals surface area contributed by atoms with Crippen molar-refractivity contribution in [2.75, 3.05) is 7.05 Å². The highest BCUT2D eigenvalue weighted by Gasteiger charge is 2.20. The van der Waals surface area contributed by atoms with Crippen LogP contribution in [0.5, 0.6) is 0 Å². The Kier molecular flexibility index (Phi) is 6.31. The average Bonchev–Trinajstić information content (AvgIpc) is 2.53. The van der Waals surface area contributed by atoms with Crippen LogP contribution in [0, 0.1) is 11.8 Å². The molecular weight excluding hydrogens is 182 g/mol. The first-order valence-electron chi connectivity index (χ1n) is 6.95. The van der Waals surface area contributed by atoms with Gasteiger partial charge in [0, 0.05) is 6.04 Å². The molecule has 1 N–H and O–H groups in total. The summed E-state index contributed by atoms with van der Waals surface area (Å²) in [4.78, 5) is 0. The molecule has 0 radical (unpaired) electrons. The molecule has 2 unspecified atom stereocenters. The van der Waals surface area contributed by atoms with Gasteiger partial charge in [-0.05, 0) is 25.3 Å². The van der Waals surface area contributed by atoms with Crippen molar-refractivity contribution < 1.29 is 0 Å². The lowest BCUT2D eigenvalue weighted by molar-refractivity contribution is 0.295. The second kappa shape index (κ2) is 7.27. The molecule has 0 heterocycles. The molecule has 1 aliphatic carbocycles. The first-order chi connectivity index (χ1) is 7.27. The maximum atomic E-state index is 3.52. The van der Waals surface area contributed by atoms with Gasteiger partial charge in [-0.1, -0.05) is 58.8 Å². The largest absolute Gasteiger partial charge is 0.317 e. The van der Waals surface area contributed by atoms with Crippen LogP contribution < -0.4 is 5.32 Å². The summed E-state index contributed by atoms with van der Waals surface area (Å²) < 4.78 is 0. The van der Waals surface area contributed by atoms with E-state index in [9.17, 15) is 0 Å². The molecule has 0 aromatic heterocycles. The Morgan fingerprint density at radius 3 is 2.20 bits per heavy atom. The monoisotopic (exact) mass is 211 g/mol. The molecule has 1 aliphatic rings. The third-order valence-electron chi connectivity index (χ3n) is 4.26. The van der Waals surface area contributed by atoms with Gasteiger partial charge in [0.2, 0.25) is 0 Å². The number of hydrogen-bond acceptors (Lipinski definition) is 1. The van der Waals surface area contributed by atoms with Gasteiger partial charge in [-0.3, -0.25) is 0 Å². The SMILES string of the molecule is CCC(C)C(CC1CCCCCC1)NC. The number of nitrogens with one attached hydrogen (secondary N) is 1. The summed E-state index contributed by atoms with van der Waals surface area (Å²) in [6.45, 7) is 4.69. The standard InChI is InChI=1S/C14H29N/c1-4-12(2)14(15-3)11-13-9-7-5-6-8-10-13/h12-15H,4-11H2,1-3H3. The second-order valence-electron chi connectivity index (χ2n) is 5.37. The van der Waals surface area contributed by atoms with Gasteiger partial charge in [0.25, 0.3) is 0 Å². The first-order valence-corrected chi connectivity index (χ1v) is 6.95. The van der Waals surface area contributed by atoms with Gasteiger partial charge in [-0.15, -0.1) is 0 Å². The lowest BCUT2D eigenvalue weighted by Gasteiger charge is -2.26. The zero-order valence-corrected chi connectivity index (χ0v) is 10.9. The normalized spacial score (nSPS) is 23.4. The molecule has 0 aliphatic heterocycles. The smallest absolute Gasteiger partial charge is 0.00922 e. The molecule has 1 rings (SSSR count). The molecule has 0 saturated heterocycles. The van der Waals surface area contributed by atoms with Gasteiger partial charge in [-0.2, -0.15) is 0 Å². The predicted octanol–water partition coefficient (Wildman–Crippen LogP) is 3.98. The van der Waals surface area contributed by atoms with Crippen molar-refractivity contribution in [3.63, 3.8) is 0 Å². The summed E-state index contributed by atoms with van der Waals surface area (Å²) in [6, 6.07) is 0.748. The highest BCUT2D eigenvalue weighted by atomic mass is 14.9. The van der Waals surface area contributed by atoms with Crippen LogP contribution in [0.25, 0.3) is 0 Å². The van der Waals surface area contributed by atoms with Gasteiger partial charge < -0.3 is 5.32 Å². The summed E-state index contributed by atoms with van der Waals surface area (Å²) in [6.07, 6.45) is 11.6. The van der Waals surface area contributed by atoms with Gasteiger partial charge >= 0.3 is 0 Å². The molecule has 0 aromatic rings. The molecule has 1 heteroatoms. The Balaban J connectivity index is 2.35. The summed E-state index contributed by atoms with van der Waals surface area (Å²) in [5, 5.41) is 3.52. The van der Waals surface area contributed by atoms with E-state index in [1.807, 2.05) is 0 Å². The maximum absolute atomic E-state index is 3.52. The Morgan fingerprint density at radius 2 is 1.73 bits per heavy atom. The molecule has 0 amide bonds. The van der Waals surface area contributed by atoms with Gasteiger partial charge in [0.15, 0.2) is 0 Å². The Hall–Kier alpha value is -0.0400. The van der Waals surface area contributed by atoms with Crippen LogP contribution in [0.1, 0.15) is 65.2 Å². The molecule has 90 valence electrons. The predicted molar refractivity (Wildman–Crippen MR) is 68.1 cm³/mol. The van der Waals surface area contributed by atoms with Crippen molar-refractivity contribution >= 4 is 0 Å². The van der Waals surface area contributed by atoms with Crippen LogP contribution in [0.3, 0.4) is 0 Å². The topological polar surface area (TPSA) is 12.0 Å². The summed E-state index contributed by atoms with van der Waals surface area (Å²) >= 11 is 0. The van der Waals surface area contributed by atoms with E-state index < -0.39 is 0 Å². The van der Waals surface area contributed by atoms with Crippen LogP contribution in [0.15, 0.2) is 0 Å². The minimum atomic E-state index is 0.748. The zero-order valence-electron chi connectivity index (χ0n) is 10.9. The van der Waals surface area contributed by atoms with Crippen molar-refractivity contribution in [3.8, 4) is 0 Å². The summed E-state index contributed by atoms with van der Waals surface area (Å²) in [5.74, 6) is 1.83. The molecule has 1 fully saturated rings. The summed E-state index contributed by atoms with van der Waals surface area (Å²) in [7, 11) is 2.13. The fourth-order valence-electron chi connectivity index (χ4n) is 2.88. The molecule has 0 aromatic carbocycles. The van der Waals surface area contributed by atoms with E-state index in [1.54, 1.807) is 0 Å². The minimum absolute atomic E-state index is 0.748. The molecule has 0 bridgehead atoms. The highest BCUT2D eigenvalue weighted by Crippen LogP contribution is 2.28. The number of hydrogen-bond donors (Lipinski definition) is 1. The van der Waals surface area contributed by atoms with E-state index in [1.165, 1.54) is 51.4 Å². The van der Waals surface area contributed by atoms with E-state index in [4.69, 9.17) is 0 Å². The van der Waals surface area contributed by atoms with Crippen LogP contribution in [-0.2, 0) is 0 Å². The quantitative estimate of drug-likeness (QED) is 0.678. The van der Waals surface area contributed by atoms with Gasteiger partial charge in [0.1, 0.15) is 0 Å². The molecule has 15 heavy (non-hydrogen) atoms. The molecule has 0 spiro atoms. The van der Waals surface area contributed by atoms with Crippen LogP contribution >= 0.6 is 0 Å². The fourth-order valence-corrected chi connectivity index (χ4v) is 2.88. The van der Waals surface area contributed by atoms with Crippen LogP contribution in [-0.4, -0.2) is 13.1 Å². The average molecular weight is 211 g/mol. The zero-order chi connectivity index (χ0) is 11.1. The fraction of sp³-hybridized carbons (Fsp3) is 1.00. The third-order valence-corrected chi connectivity index (χ3v) is 4.26. The summed E-state index contributed by atoms with van der Waals surface area (Å²) in [5.41, 5.74) is 0. The third kappa shape index (κ3) is 4.55. The van der Waals surface area contributed by atoms with Crippen molar-refractivity contribution in [3.05, 3.63) is 0 Å². The van der Waals surface area contributed by atoms with Gasteiger partial charge in [-0.25, -0.2) is 0 Å². The van der Waals surface area contributed by atoms with Crippen molar-refractivity contribution in [2.45, 2.75) is 71.3 Å². The first kappa shape index (κ1) is 13.0. The van der Waals surface area contributed by atoms with Gasteiger partial charge in [0.05, 0.1) is 0 Å². The lowest BCUT2D eigenvalue weighted by atomic mass is 9.86. The second-order valence-corrected chi connectivity index (χ2v) is 5.37. The Morgan fingerprint density at radius 1 is 1.13 bits per heavy atom. The van der Waals surface area contributed by atoms with Crippen LogP contribution in [0.2, 0.25) is 0 Å². The Bertz CT molecular complexity index is 147. The van der Waals surface area contributed by atoms with E-state index in [0.717, 1.165) is 17.9 Å². The van der Waals surface area contributed by atoms with E-state index in [0.29, 0.717) is 0 Å². The van der Waals surface area contributed by atoms with Crippen molar-refractivity contribution in [2.24, 2.45) is 11.8 Å². The van der Waals surface area contributed by atoms with E-state index in [-0.39, 0.29) is 0 Å². The lowest BCUT2D eigenvalue weighted by Crippen LogP contribution is -2.33. The molecule has 1 nitrogen and oxygen atoms in total. The Labute approximate surface area is 96.0 Å². The molecular formula is C14H29N. The maximum Gasteiger partial charge on any atom is 0.00922 e. The minimum Gasteiger partial charge on any atom is -0.317 e. The molecule has 2 atom stereocenters. The molecule has 1 saturated carbocycles. The van der Waals surface area contributed by atoms with Crippen LogP contribution in [0.4, 0.5) is 0 Å². The van der Waals surface area contributed by atoms with E-state index >= 15 is 0 Å². The highest BCUT2D eigenvalue weighted by molar-refractivity contribution is 4.76. The number of rotatable bonds is 5. The van der Waals surface area contributed by atoms with Crippen molar-refractivity contribution in [1.29, 1.82) is 0 Å². The van der Waals surface area contributed by atoms with Crippen molar-refractivity contribution in [1.82, 2.24) is 5.32 Å².